The number of nitrogens with one attached hydrogen (secondary N) is 1. The minimum atomic E-state index is -0.0575. The summed E-state index contributed by atoms with van der Waals surface area (Å²) in [6.45, 7) is 2.70. The van der Waals surface area contributed by atoms with Crippen LogP contribution in [0.5, 0.6) is 0 Å². The molecule has 6 heteroatoms. The number of rotatable bonds is 6. The van der Waals surface area contributed by atoms with E-state index in [1.807, 2.05) is 48.8 Å². The van der Waals surface area contributed by atoms with Crippen molar-refractivity contribution in [3.63, 3.8) is 0 Å². The second-order valence-corrected chi connectivity index (χ2v) is 7.11. The maximum absolute atomic E-state index is 12.7. The van der Waals surface area contributed by atoms with E-state index in [2.05, 4.69) is 26.4 Å². The fourth-order valence-electron chi connectivity index (χ4n) is 3.74. The summed E-state index contributed by atoms with van der Waals surface area (Å²) in [6, 6.07) is 13.6. The van der Waals surface area contributed by atoms with Gasteiger partial charge >= 0.3 is 0 Å². The molecule has 1 amide bonds. The van der Waals surface area contributed by atoms with Gasteiger partial charge in [0.25, 0.3) is 5.91 Å². The van der Waals surface area contributed by atoms with Crippen molar-refractivity contribution in [1.29, 1.82) is 0 Å². The van der Waals surface area contributed by atoms with Crippen LogP contribution in [0.2, 0.25) is 0 Å². The van der Waals surface area contributed by atoms with Crippen molar-refractivity contribution in [2.24, 2.45) is 0 Å². The highest BCUT2D eigenvalue weighted by molar-refractivity contribution is 5.94. The molecule has 0 radical (unpaired) electrons. The molecule has 1 N–H and O–H groups in total. The molecule has 28 heavy (non-hydrogen) atoms. The first-order chi connectivity index (χ1) is 13.8. The maximum atomic E-state index is 12.7. The second kappa shape index (κ2) is 8.80. The minimum Gasteiger partial charge on any atom is -0.350 e. The van der Waals surface area contributed by atoms with E-state index in [-0.39, 0.29) is 11.9 Å². The highest BCUT2D eigenvalue weighted by Crippen LogP contribution is 2.23. The van der Waals surface area contributed by atoms with Crippen LogP contribution in [0.15, 0.2) is 67.3 Å². The number of likely N-dealkylation sites (tertiary alicyclic amines) is 1. The molecule has 1 aromatic carbocycles. The van der Waals surface area contributed by atoms with Crippen molar-refractivity contribution in [2.75, 3.05) is 19.6 Å². The molecule has 0 bridgehead atoms. The van der Waals surface area contributed by atoms with Crippen LogP contribution in [0.1, 0.15) is 41.2 Å². The molecular formula is C22H25N5O. The van der Waals surface area contributed by atoms with Crippen LogP contribution in [-0.2, 0) is 0 Å². The number of pyridine rings is 1. The Balaban J connectivity index is 1.43. The van der Waals surface area contributed by atoms with Gasteiger partial charge in [-0.15, -0.1) is 0 Å². The lowest BCUT2D eigenvalue weighted by Crippen LogP contribution is -2.40. The average molecular weight is 375 g/mol. The van der Waals surface area contributed by atoms with E-state index in [0.717, 1.165) is 24.3 Å². The first kappa shape index (κ1) is 18.4. The van der Waals surface area contributed by atoms with Crippen LogP contribution < -0.4 is 5.32 Å². The van der Waals surface area contributed by atoms with Crippen LogP contribution >= 0.6 is 0 Å². The number of hydrogen-bond donors (Lipinski definition) is 1. The molecule has 144 valence electrons. The largest absolute Gasteiger partial charge is 0.350 e. The van der Waals surface area contributed by atoms with Crippen molar-refractivity contribution in [1.82, 2.24) is 25.0 Å². The monoisotopic (exact) mass is 375 g/mol. The summed E-state index contributed by atoms with van der Waals surface area (Å²) >= 11 is 0. The van der Waals surface area contributed by atoms with Crippen molar-refractivity contribution < 1.29 is 4.79 Å². The van der Waals surface area contributed by atoms with Gasteiger partial charge < -0.3 is 5.32 Å². The Morgan fingerprint density at radius 2 is 1.86 bits per heavy atom. The Hall–Kier alpha value is -2.99. The van der Waals surface area contributed by atoms with Crippen LogP contribution in [0, 0.1) is 0 Å². The number of carbonyl (C=O) groups is 1. The predicted molar refractivity (Wildman–Crippen MR) is 108 cm³/mol. The fourth-order valence-corrected chi connectivity index (χ4v) is 3.74. The zero-order chi connectivity index (χ0) is 19.2. The molecule has 1 fully saturated rings. The number of nitrogens with zero attached hydrogens (tertiary/aromatic N) is 4. The fraction of sp³-hybridized carbons (Fsp3) is 0.318. The van der Waals surface area contributed by atoms with Gasteiger partial charge in [0.1, 0.15) is 0 Å². The average Bonchev–Trinajstić information content (AvgIpc) is 3.30. The van der Waals surface area contributed by atoms with Gasteiger partial charge in [-0.3, -0.25) is 14.7 Å². The number of amides is 1. The van der Waals surface area contributed by atoms with Crippen molar-refractivity contribution in [3.05, 3.63) is 78.4 Å². The third kappa shape index (κ3) is 4.28. The smallest absolute Gasteiger partial charge is 0.251 e. The molecule has 3 heterocycles. The Kier molecular flexibility index (Phi) is 5.77. The summed E-state index contributed by atoms with van der Waals surface area (Å²) in [6.07, 6.45) is 11.0. The molecule has 1 aliphatic heterocycles. The van der Waals surface area contributed by atoms with Gasteiger partial charge in [0.05, 0.1) is 11.7 Å². The summed E-state index contributed by atoms with van der Waals surface area (Å²) in [7, 11) is 0. The normalized spacial score (nSPS) is 15.9. The Labute approximate surface area is 165 Å². The van der Waals surface area contributed by atoms with Crippen LogP contribution in [0.3, 0.4) is 0 Å². The predicted octanol–water partition coefficient (Wildman–Crippen LogP) is 3.22. The van der Waals surface area contributed by atoms with Crippen molar-refractivity contribution >= 4 is 5.91 Å². The standard InChI is InChI=1S/C22H25N5O/c28-22(18-7-9-20(10-8-18)27-15-5-12-25-27)24-17-21(19-6-4-11-23-16-19)26-13-2-1-3-14-26/h4-12,15-16,21H,1-3,13-14,17H2,(H,24,28). The summed E-state index contributed by atoms with van der Waals surface area (Å²) in [5.74, 6) is -0.0575. The quantitative estimate of drug-likeness (QED) is 0.719. The van der Waals surface area contributed by atoms with Gasteiger partial charge in [0.2, 0.25) is 0 Å². The van der Waals surface area contributed by atoms with E-state index in [9.17, 15) is 4.79 Å². The Morgan fingerprint density at radius 3 is 2.54 bits per heavy atom. The zero-order valence-corrected chi connectivity index (χ0v) is 15.9. The van der Waals surface area contributed by atoms with Crippen LogP contribution in [0.4, 0.5) is 0 Å². The number of piperidine rings is 1. The molecule has 1 unspecified atom stereocenters. The minimum absolute atomic E-state index is 0.0575. The first-order valence-electron chi connectivity index (χ1n) is 9.83. The van der Waals surface area contributed by atoms with E-state index >= 15 is 0 Å². The molecule has 1 saturated heterocycles. The van der Waals surface area contributed by atoms with E-state index in [1.54, 1.807) is 17.1 Å². The number of benzene rings is 1. The second-order valence-electron chi connectivity index (χ2n) is 7.11. The highest BCUT2D eigenvalue weighted by Gasteiger charge is 2.23. The summed E-state index contributed by atoms with van der Waals surface area (Å²) in [4.78, 5) is 19.4. The van der Waals surface area contributed by atoms with Crippen molar-refractivity contribution in [3.8, 4) is 5.69 Å². The van der Waals surface area contributed by atoms with Crippen LogP contribution in [0.25, 0.3) is 5.69 Å². The van der Waals surface area contributed by atoms with Gasteiger partial charge in [0.15, 0.2) is 0 Å². The van der Waals surface area contributed by atoms with E-state index in [1.165, 1.54) is 19.3 Å². The third-order valence-electron chi connectivity index (χ3n) is 5.26. The summed E-state index contributed by atoms with van der Waals surface area (Å²) in [5.41, 5.74) is 2.74. The van der Waals surface area contributed by atoms with Gasteiger partial charge in [-0.2, -0.15) is 5.10 Å². The summed E-state index contributed by atoms with van der Waals surface area (Å²) < 4.78 is 1.77. The zero-order valence-electron chi connectivity index (χ0n) is 15.9. The van der Waals surface area contributed by atoms with E-state index in [4.69, 9.17) is 0 Å². The van der Waals surface area contributed by atoms with Gasteiger partial charge in [0, 0.05) is 36.9 Å². The van der Waals surface area contributed by atoms with Crippen LogP contribution in [-0.4, -0.2) is 45.2 Å². The SMILES string of the molecule is O=C(NCC(c1cccnc1)N1CCCCC1)c1ccc(-n2cccn2)cc1. The third-order valence-corrected chi connectivity index (χ3v) is 5.26. The molecule has 2 aromatic heterocycles. The Bertz CT molecular complexity index is 871. The van der Waals surface area contributed by atoms with E-state index in [0.29, 0.717) is 12.1 Å². The Morgan fingerprint density at radius 1 is 1.04 bits per heavy atom. The topological polar surface area (TPSA) is 63.1 Å². The molecule has 0 saturated carbocycles. The molecule has 0 aliphatic carbocycles. The molecular weight excluding hydrogens is 350 g/mol. The first-order valence-corrected chi connectivity index (χ1v) is 9.83. The molecule has 3 aromatic rings. The number of aromatic nitrogens is 3. The molecule has 4 rings (SSSR count). The highest BCUT2D eigenvalue weighted by atomic mass is 16.1. The molecule has 6 nitrogen and oxygen atoms in total. The number of hydrogen-bond acceptors (Lipinski definition) is 4. The maximum Gasteiger partial charge on any atom is 0.251 e. The lowest BCUT2D eigenvalue weighted by molar-refractivity contribution is 0.0924. The van der Waals surface area contributed by atoms with Gasteiger partial charge in [-0.25, -0.2) is 4.68 Å². The molecule has 1 atom stereocenters. The molecule has 1 aliphatic rings. The van der Waals surface area contributed by atoms with Gasteiger partial charge in [-0.05, 0) is 67.9 Å². The lowest BCUT2D eigenvalue weighted by Gasteiger charge is -2.34. The number of carbonyl (C=O) groups excluding carboxylic acids is 1. The van der Waals surface area contributed by atoms with E-state index < -0.39 is 0 Å². The lowest BCUT2D eigenvalue weighted by atomic mass is 10.0. The molecule has 0 spiro atoms. The van der Waals surface area contributed by atoms with Gasteiger partial charge in [-0.1, -0.05) is 12.5 Å². The van der Waals surface area contributed by atoms with Crippen molar-refractivity contribution in [2.45, 2.75) is 25.3 Å². The summed E-state index contributed by atoms with van der Waals surface area (Å²) in [5, 5.41) is 7.33.